The first-order valence-electron chi connectivity index (χ1n) is 6.89. The fourth-order valence-electron chi connectivity index (χ4n) is 1.60. The van der Waals surface area contributed by atoms with E-state index in [1.54, 1.807) is 6.20 Å². The zero-order valence-corrected chi connectivity index (χ0v) is 14.1. The van der Waals surface area contributed by atoms with E-state index in [0.717, 1.165) is 5.03 Å². The Balaban J connectivity index is 1.63. The molecule has 0 saturated carbocycles. The van der Waals surface area contributed by atoms with Gasteiger partial charge in [0.1, 0.15) is 17.4 Å². The largest absolute Gasteiger partial charge is 0.513 e. The maximum atomic E-state index is 11.5. The van der Waals surface area contributed by atoms with Crippen LogP contribution in [0.3, 0.4) is 0 Å². The summed E-state index contributed by atoms with van der Waals surface area (Å²) in [4.78, 5) is 25.6. The summed E-state index contributed by atoms with van der Waals surface area (Å²) in [6, 6.07) is 11.7. The minimum absolute atomic E-state index is 0.211. The van der Waals surface area contributed by atoms with Crippen LogP contribution < -0.4 is 4.74 Å². The van der Waals surface area contributed by atoms with Crippen LogP contribution in [-0.2, 0) is 11.3 Å². The number of carbonyl (C=O) groups is 1. The molecule has 2 rings (SSSR count). The number of aromatic nitrogens is 1. The second kappa shape index (κ2) is 9.78. The Bertz CT molecular complexity index is 667. The van der Waals surface area contributed by atoms with E-state index in [2.05, 4.69) is 4.98 Å². The highest BCUT2D eigenvalue weighted by atomic mass is 33.1. The van der Waals surface area contributed by atoms with Gasteiger partial charge in [-0.3, -0.25) is 10.1 Å². The van der Waals surface area contributed by atoms with Gasteiger partial charge >= 0.3 is 6.16 Å². The molecule has 9 heteroatoms. The van der Waals surface area contributed by atoms with Crippen molar-refractivity contribution in [3.05, 3.63) is 64.3 Å². The van der Waals surface area contributed by atoms with Gasteiger partial charge in [-0.25, -0.2) is 9.78 Å². The number of nitrogens with zero attached hydrogens (tertiary/aromatic N) is 2. The number of ether oxygens (including phenoxy) is 2. The highest BCUT2D eigenvalue weighted by molar-refractivity contribution is 8.76. The predicted molar refractivity (Wildman–Crippen MR) is 91.7 cm³/mol. The Morgan fingerprint density at radius 2 is 2.00 bits per heavy atom. The van der Waals surface area contributed by atoms with Crippen LogP contribution in [0.25, 0.3) is 0 Å². The molecular formula is C15H14N2O5S2. The average molecular weight is 366 g/mol. The monoisotopic (exact) mass is 366 g/mol. The Kier molecular flexibility index (Phi) is 7.37. The van der Waals surface area contributed by atoms with Crippen LogP contribution in [0.2, 0.25) is 0 Å². The van der Waals surface area contributed by atoms with E-state index in [-0.39, 0.29) is 18.9 Å². The molecule has 0 aliphatic heterocycles. The molecule has 0 fully saturated rings. The van der Waals surface area contributed by atoms with Crippen molar-refractivity contribution in [1.29, 1.82) is 0 Å². The topological polar surface area (TPSA) is 91.6 Å². The zero-order valence-electron chi connectivity index (χ0n) is 12.5. The van der Waals surface area contributed by atoms with Crippen molar-refractivity contribution in [2.45, 2.75) is 11.6 Å². The van der Waals surface area contributed by atoms with Gasteiger partial charge in [0.2, 0.25) is 6.54 Å². The summed E-state index contributed by atoms with van der Waals surface area (Å²) >= 11 is 0. The molecule has 1 aromatic carbocycles. The predicted octanol–water partition coefficient (Wildman–Crippen LogP) is 3.81. The number of carbonyl (C=O) groups excluding carboxylic acids is 1. The van der Waals surface area contributed by atoms with E-state index < -0.39 is 11.1 Å². The third kappa shape index (κ3) is 6.88. The van der Waals surface area contributed by atoms with Gasteiger partial charge in [-0.05, 0) is 47.2 Å². The Hall–Kier alpha value is -2.26. The highest BCUT2D eigenvalue weighted by Gasteiger charge is 2.07. The van der Waals surface area contributed by atoms with Gasteiger partial charge in [0, 0.05) is 22.4 Å². The van der Waals surface area contributed by atoms with Gasteiger partial charge in [-0.1, -0.05) is 16.9 Å². The van der Waals surface area contributed by atoms with Crippen LogP contribution in [0.5, 0.6) is 5.75 Å². The Morgan fingerprint density at radius 3 is 2.67 bits per heavy atom. The van der Waals surface area contributed by atoms with Crippen LogP contribution in [0.1, 0.15) is 5.56 Å². The van der Waals surface area contributed by atoms with Crippen molar-refractivity contribution in [1.82, 2.24) is 4.98 Å². The molecule has 0 bridgehead atoms. The van der Waals surface area contributed by atoms with E-state index in [4.69, 9.17) is 9.47 Å². The van der Waals surface area contributed by atoms with Crippen molar-refractivity contribution < 1.29 is 19.2 Å². The lowest BCUT2D eigenvalue weighted by Gasteiger charge is -2.06. The summed E-state index contributed by atoms with van der Waals surface area (Å²) in [6.45, 7) is -0.0569. The molecule has 2 aromatic rings. The van der Waals surface area contributed by atoms with Gasteiger partial charge in [0.05, 0.1) is 0 Å². The van der Waals surface area contributed by atoms with Crippen molar-refractivity contribution in [2.75, 3.05) is 12.4 Å². The zero-order chi connectivity index (χ0) is 17.2. The molecule has 0 aliphatic carbocycles. The number of benzene rings is 1. The quantitative estimate of drug-likeness (QED) is 0.174. The molecule has 0 atom stereocenters. The molecular weight excluding hydrogens is 352 g/mol. The number of pyridine rings is 1. The van der Waals surface area contributed by atoms with Crippen LogP contribution in [0.15, 0.2) is 53.7 Å². The van der Waals surface area contributed by atoms with E-state index >= 15 is 0 Å². The van der Waals surface area contributed by atoms with Crippen molar-refractivity contribution in [3.63, 3.8) is 0 Å². The fourth-order valence-corrected chi connectivity index (χ4v) is 3.30. The van der Waals surface area contributed by atoms with Gasteiger partial charge in [0.15, 0.2) is 0 Å². The maximum Gasteiger partial charge on any atom is 0.513 e. The fraction of sp³-hybridized carbons (Fsp3) is 0.200. The third-order valence-electron chi connectivity index (χ3n) is 2.60. The maximum absolute atomic E-state index is 11.5. The average Bonchev–Trinajstić information content (AvgIpc) is 2.57. The molecule has 24 heavy (non-hydrogen) atoms. The van der Waals surface area contributed by atoms with Crippen molar-refractivity contribution in [3.8, 4) is 5.75 Å². The lowest BCUT2D eigenvalue weighted by atomic mass is 10.2. The van der Waals surface area contributed by atoms with Gasteiger partial charge < -0.3 is 9.47 Å². The van der Waals surface area contributed by atoms with Crippen LogP contribution in [0, 0.1) is 10.1 Å². The molecule has 0 aliphatic rings. The van der Waals surface area contributed by atoms with Crippen LogP contribution >= 0.6 is 21.6 Å². The molecule has 0 amide bonds. The smallest absolute Gasteiger partial charge is 0.433 e. The first-order chi connectivity index (χ1) is 11.6. The number of rotatable bonds is 8. The number of hydrogen-bond donors (Lipinski definition) is 0. The second-order valence-corrected chi connectivity index (χ2v) is 6.84. The molecule has 0 unspecified atom stereocenters. The van der Waals surface area contributed by atoms with E-state index in [1.807, 2.05) is 18.2 Å². The van der Waals surface area contributed by atoms with Gasteiger partial charge in [-0.2, -0.15) is 0 Å². The second-order valence-electron chi connectivity index (χ2n) is 4.41. The molecule has 126 valence electrons. The summed E-state index contributed by atoms with van der Waals surface area (Å²) < 4.78 is 9.93. The summed E-state index contributed by atoms with van der Waals surface area (Å²) in [5, 5.41) is 11.3. The number of hydrogen-bond acceptors (Lipinski definition) is 8. The summed E-state index contributed by atoms with van der Waals surface area (Å²) in [5.41, 5.74) is 0.531. The molecule has 0 spiro atoms. The summed E-state index contributed by atoms with van der Waals surface area (Å²) in [7, 11) is 3.02. The van der Waals surface area contributed by atoms with E-state index in [0.29, 0.717) is 11.3 Å². The minimum atomic E-state index is -0.805. The lowest BCUT2D eigenvalue weighted by Crippen LogP contribution is -2.12. The van der Waals surface area contributed by atoms with Gasteiger partial charge in [-0.15, -0.1) is 0 Å². The standard InChI is InChI=1S/C15H14N2O5S2/c18-15(21-9-10-23-24-14-3-1-2-8-16-14)22-13-6-4-12(5-7-13)11-17(19)20/h1-8H,9-11H2. The summed E-state index contributed by atoms with van der Waals surface area (Å²) in [5.74, 6) is 0.876. The first-order valence-corrected chi connectivity index (χ1v) is 9.21. The van der Waals surface area contributed by atoms with Crippen molar-refractivity contribution in [2.24, 2.45) is 0 Å². The van der Waals surface area contributed by atoms with E-state index in [9.17, 15) is 14.9 Å². The van der Waals surface area contributed by atoms with Crippen LogP contribution in [-0.4, -0.2) is 28.4 Å². The molecule has 0 radical (unpaired) electrons. The lowest BCUT2D eigenvalue weighted by molar-refractivity contribution is -0.496. The van der Waals surface area contributed by atoms with Crippen LogP contribution in [0.4, 0.5) is 4.79 Å². The Morgan fingerprint density at radius 1 is 1.21 bits per heavy atom. The Labute approximate surface area is 146 Å². The third-order valence-corrected chi connectivity index (χ3v) is 4.83. The molecule has 7 nitrogen and oxygen atoms in total. The molecule has 1 aromatic heterocycles. The molecule has 0 N–H and O–H groups in total. The summed E-state index contributed by atoms with van der Waals surface area (Å²) in [6.07, 6.45) is 0.911. The normalized spacial score (nSPS) is 10.2. The number of nitro groups is 1. The SMILES string of the molecule is O=C(OCCSSc1ccccn1)Oc1ccc(C[N+](=O)[O-])cc1. The minimum Gasteiger partial charge on any atom is -0.433 e. The van der Waals surface area contributed by atoms with Gasteiger partial charge in [0.25, 0.3) is 0 Å². The van der Waals surface area contributed by atoms with E-state index in [1.165, 1.54) is 45.9 Å². The molecule has 1 heterocycles. The highest BCUT2D eigenvalue weighted by Crippen LogP contribution is 2.28. The molecule has 0 saturated heterocycles. The first kappa shape index (κ1) is 18.1. The van der Waals surface area contributed by atoms with Crippen molar-refractivity contribution >= 4 is 27.7 Å².